The van der Waals surface area contributed by atoms with Crippen LogP contribution in [0.25, 0.3) is 0 Å². The molecule has 2 fully saturated rings. The summed E-state index contributed by atoms with van der Waals surface area (Å²) in [6.45, 7) is 0. The van der Waals surface area contributed by atoms with Gasteiger partial charge in [0.1, 0.15) is 0 Å². The fourth-order valence-electron chi connectivity index (χ4n) is 7.93. The van der Waals surface area contributed by atoms with Gasteiger partial charge in [0.25, 0.3) is 0 Å². The Kier molecular flexibility index (Phi) is 15.0. The second kappa shape index (κ2) is 18.9. The number of aryl methyl sites for hydroxylation is 2. The van der Waals surface area contributed by atoms with Crippen LogP contribution in [0.4, 0.5) is 0 Å². The van der Waals surface area contributed by atoms with Crippen LogP contribution < -0.4 is 0 Å². The molecule has 0 radical (unpaired) electrons. The van der Waals surface area contributed by atoms with E-state index in [4.69, 9.17) is 0 Å². The summed E-state index contributed by atoms with van der Waals surface area (Å²) in [5.41, 5.74) is 2.91. The molecule has 0 bridgehead atoms. The summed E-state index contributed by atoms with van der Waals surface area (Å²) in [6.07, 6.45) is 45.9. The SMILES string of the molecule is C1=CC2[CH-]C3C4C=CC=CC4C4C=CC=CC4C3C2C=C1.Cl.Cl.[C-]1=CC=CC1.[Zr+2]=[C](CCc1ccccc1)CCc1ccccc1. The van der Waals surface area contributed by atoms with E-state index >= 15 is 0 Å². The third-order valence-corrected chi connectivity index (χ3v) is 11.3. The number of halogens is 2. The molecule has 2 aromatic carbocycles. The van der Waals surface area contributed by atoms with Gasteiger partial charge >= 0.3 is 125 Å². The zero-order valence-electron chi connectivity index (χ0n) is 26.5. The standard InChI is InChI=1S/C21H21.C17H18.C5H5.2ClH.Zr/c1-2-8-15-14(7-1)13-20-18-11-4-3-9-16(18)17-10-5-6-12-19(17)21(15)20;1-4-10-16(11-5-1)14-8-3-9-15-17-12-6-2-7-13-17;1-2-4-5-3-1;;;/h1-21H;1-2,4-7,10-13H,8-9,14-15H2;1-3H,4H2;2*1H;/q-1;;-1;;;+2. The third kappa shape index (κ3) is 9.40. The van der Waals surface area contributed by atoms with Gasteiger partial charge in [-0.05, 0) is 29.6 Å². The molecule has 0 aliphatic heterocycles. The molecule has 0 nitrogen and oxygen atoms in total. The molecule has 0 N–H and O–H groups in total. The van der Waals surface area contributed by atoms with Crippen LogP contribution in [0.3, 0.4) is 0 Å². The minimum absolute atomic E-state index is 0. The molecule has 8 unspecified atom stereocenters. The molecule has 2 aromatic rings. The monoisotopic (exact) mass is 722 g/mol. The Morgan fingerprint density at radius 2 is 1.11 bits per heavy atom. The molecule has 6 aliphatic carbocycles. The van der Waals surface area contributed by atoms with E-state index in [1.807, 2.05) is 12.2 Å². The second-order valence-electron chi connectivity index (χ2n) is 12.7. The van der Waals surface area contributed by atoms with Gasteiger partial charge in [-0.1, -0.05) is 72.8 Å². The second-order valence-corrected chi connectivity index (χ2v) is 14.4. The topological polar surface area (TPSA) is 0 Å². The molecule has 0 saturated heterocycles. The van der Waals surface area contributed by atoms with Crippen LogP contribution >= 0.6 is 24.8 Å². The Hall–Kier alpha value is -2.31. The summed E-state index contributed by atoms with van der Waals surface area (Å²) in [5, 5.41) is 0. The van der Waals surface area contributed by atoms with Gasteiger partial charge < -0.3 is 6.42 Å². The third-order valence-electron chi connectivity index (χ3n) is 10.0. The Morgan fingerprint density at radius 3 is 1.63 bits per heavy atom. The first-order valence-electron chi connectivity index (χ1n) is 16.5. The summed E-state index contributed by atoms with van der Waals surface area (Å²) in [7, 11) is 0. The van der Waals surface area contributed by atoms with Gasteiger partial charge in [0.05, 0.1) is 0 Å². The molecule has 3 heteroatoms. The molecule has 6 aliphatic rings. The van der Waals surface area contributed by atoms with E-state index in [-0.39, 0.29) is 24.8 Å². The Bertz CT molecular complexity index is 1420. The molecule has 0 heterocycles. The first-order chi connectivity index (χ1) is 21.8. The van der Waals surface area contributed by atoms with E-state index in [0.717, 1.165) is 18.3 Å². The summed E-state index contributed by atoms with van der Waals surface area (Å²) in [6, 6.07) is 21.6. The van der Waals surface area contributed by atoms with Crippen molar-refractivity contribution in [3.05, 3.63) is 175 Å². The fraction of sp³-hybridized carbons (Fsp3) is 0.302. The molecule has 0 aromatic heterocycles. The van der Waals surface area contributed by atoms with Crippen LogP contribution in [0.15, 0.2) is 152 Å². The van der Waals surface area contributed by atoms with Crippen LogP contribution in [0.5, 0.6) is 0 Å². The van der Waals surface area contributed by atoms with Crippen LogP contribution in [0.2, 0.25) is 0 Å². The number of rotatable bonds is 6. The van der Waals surface area contributed by atoms with Crippen molar-refractivity contribution in [3.63, 3.8) is 0 Å². The molecule has 0 spiro atoms. The number of hydrogen-bond donors (Lipinski definition) is 0. The molecule has 8 atom stereocenters. The first kappa shape index (κ1) is 36.5. The summed E-state index contributed by atoms with van der Waals surface area (Å²) in [5.74, 6) is 5.66. The van der Waals surface area contributed by atoms with E-state index in [0.29, 0.717) is 35.5 Å². The normalized spacial score (nSPS) is 29.4. The van der Waals surface area contributed by atoms with Crippen molar-refractivity contribution in [1.29, 1.82) is 0 Å². The van der Waals surface area contributed by atoms with Gasteiger partial charge in [-0.25, -0.2) is 12.2 Å². The van der Waals surface area contributed by atoms with Gasteiger partial charge in [0.15, 0.2) is 0 Å². The Balaban J connectivity index is 0.000000176. The van der Waals surface area contributed by atoms with Crippen molar-refractivity contribution < 1.29 is 24.2 Å². The van der Waals surface area contributed by atoms with Crippen LogP contribution in [-0.4, -0.2) is 3.21 Å². The molecular formula is C43H46Cl2Zr. The first-order valence-corrected chi connectivity index (χ1v) is 17.8. The Morgan fingerprint density at radius 1 is 0.609 bits per heavy atom. The van der Waals surface area contributed by atoms with E-state index in [9.17, 15) is 0 Å². The van der Waals surface area contributed by atoms with Crippen molar-refractivity contribution >= 4 is 28.0 Å². The van der Waals surface area contributed by atoms with Crippen molar-refractivity contribution in [1.82, 2.24) is 0 Å². The fourth-order valence-corrected chi connectivity index (χ4v) is 8.54. The van der Waals surface area contributed by atoms with E-state index < -0.39 is 0 Å². The number of benzene rings is 2. The van der Waals surface area contributed by atoms with Crippen molar-refractivity contribution in [2.45, 2.75) is 32.1 Å². The maximum atomic E-state index is 2.99. The van der Waals surface area contributed by atoms with Crippen molar-refractivity contribution in [2.75, 3.05) is 0 Å². The van der Waals surface area contributed by atoms with Gasteiger partial charge in [-0.15, -0.1) is 43.2 Å². The average Bonchev–Trinajstić information content (AvgIpc) is 3.81. The van der Waals surface area contributed by atoms with Crippen LogP contribution in [0, 0.1) is 59.8 Å². The molecule has 236 valence electrons. The minimum atomic E-state index is 0. The van der Waals surface area contributed by atoms with Gasteiger partial charge in [-0.3, -0.25) is 6.08 Å². The van der Waals surface area contributed by atoms with Crippen LogP contribution in [0.1, 0.15) is 30.4 Å². The number of allylic oxidation sites excluding steroid dienone is 16. The van der Waals surface area contributed by atoms with Crippen LogP contribution in [-0.2, 0) is 37.1 Å². The molecule has 8 rings (SSSR count). The number of fused-ring (bicyclic) bond motifs is 8. The zero-order valence-corrected chi connectivity index (χ0v) is 30.6. The molecule has 46 heavy (non-hydrogen) atoms. The number of hydrogen-bond acceptors (Lipinski definition) is 0. The quantitative estimate of drug-likeness (QED) is 0.260. The Labute approximate surface area is 305 Å². The van der Waals surface area contributed by atoms with Gasteiger partial charge in [-0.2, -0.15) is 12.0 Å². The summed E-state index contributed by atoms with van der Waals surface area (Å²) < 4.78 is 1.69. The van der Waals surface area contributed by atoms with E-state index in [1.54, 1.807) is 27.4 Å². The van der Waals surface area contributed by atoms with E-state index in [2.05, 4.69) is 152 Å². The average molecular weight is 725 g/mol. The summed E-state index contributed by atoms with van der Waals surface area (Å²) >= 11 is 1.60. The maximum absolute atomic E-state index is 2.99. The molecule has 0 amide bonds. The molecule has 2 saturated carbocycles. The van der Waals surface area contributed by atoms with Gasteiger partial charge in [0, 0.05) is 0 Å². The van der Waals surface area contributed by atoms with E-state index in [1.165, 1.54) is 36.8 Å². The van der Waals surface area contributed by atoms with Crippen molar-refractivity contribution in [2.24, 2.45) is 47.3 Å². The van der Waals surface area contributed by atoms with Gasteiger partial charge in [0.2, 0.25) is 0 Å². The summed E-state index contributed by atoms with van der Waals surface area (Å²) in [4.78, 5) is 0. The predicted octanol–water partition coefficient (Wildman–Crippen LogP) is 10.6. The predicted molar refractivity (Wildman–Crippen MR) is 198 cm³/mol. The molecular weight excluding hydrogens is 679 g/mol. The van der Waals surface area contributed by atoms with Crippen molar-refractivity contribution in [3.8, 4) is 0 Å². The zero-order chi connectivity index (χ0) is 30.0.